The first kappa shape index (κ1) is 11.6. The van der Waals surface area contributed by atoms with Gasteiger partial charge >= 0.3 is 0 Å². The molecule has 0 fully saturated rings. The zero-order valence-corrected chi connectivity index (χ0v) is 10.4. The Morgan fingerprint density at radius 3 is 2.47 bits per heavy atom. The second-order valence-electron chi connectivity index (χ2n) is 3.37. The molecule has 2 nitrogen and oxygen atoms in total. The molecule has 0 bridgehead atoms. The smallest absolute Gasteiger partial charge is 0.126 e. The number of rotatable bonds is 1. The van der Waals surface area contributed by atoms with Crippen LogP contribution in [0.3, 0.4) is 0 Å². The fourth-order valence-electron chi connectivity index (χ4n) is 1.55. The molecule has 0 aliphatic carbocycles. The lowest BCUT2D eigenvalue weighted by atomic mass is 10.1. The van der Waals surface area contributed by atoms with Crippen molar-refractivity contribution in [3.05, 3.63) is 60.1 Å². The first-order valence-corrected chi connectivity index (χ1v) is 6.11. The number of methoxy groups -OCH3 is 1. The molecule has 0 aliphatic heterocycles. The summed E-state index contributed by atoms with van der Waals surface area (Å²) >= 11 is 1.46. The van der Waals surface area contributed by atoms with Crippen molar-refractivity contribution in [2.24, 2.45) is 0 Å². The van der Waals surface area contributed by atoms with Crippen LogP contribution in [0.5, 0.6) is 5.75 Å². The monoisotopic (exact) mass is 243 g/mol. The van der Waals surface area contributed by atoms with Gasteiger partial charge in [-0.25, -0.2) is 4.37 Å². The van der Waals surface area contributed by atoms with Crippen LogP contribution in [0.2, 0.25) is 0 Å². The first-order valence-electron chi connectivity index (χ1n) is 5.28. The lowest BCUT2D eigenvalue weighted by molar-refractivity contribution is 0.420. The van der Waals surface area contributed by atoms with Gasteiger partial charge in [-0.3, -0.25) is 0 Å². The molecule has 0 N–H and O–H groups in total. The van der Waals surface area contributed by atoms with Crippen LogP contribution < -0.4 is 4.74 Å². The molecule has 0 unspecified atom stereocenters. The highest BCUT2D eigenvalue weighted by atomic mass is 32.1. The van der Waals surface area contributed by atoms with Gasteiger partial charge in [0.05, 0.1) is 7.11 Å². The Labute approximate surface area is 105 Å². The predicted molar refractivity (Wildman–Crippen MR) is 72.6 cm³/mol. The van der Waals surface area contributed by atoms with Gasteiger partial charge in [-0.2, -0.15) is 0 Å². The summed E-state index contributed by atoms with van der Waals surface area (Å²) in [5, 5.41) is 4.32. The van der Waals surface area contributed by atoms with E-state index in [4.69, 9.17) is 4.74 Å². The van der Waals surface area contributed by atoms with Gasteiger partial charge < -0.3 is 4.74 Å². The molecule has 0 amide bonds. The van der Waals surface area contributed by atoms with E-state index in [1.165, 1.54) is 22.3 Å². The third-order valence-electron chi connectivity index (χ3n) is 2.32. The molecule has 1 aromatic heterocycles. The van der Waals surface area contributed by atoms with E-state index in [2.05, 4.69) is 22.6 Å². The summed E-state index contributed by atoms with van der Waals surface area (Å²) in [4.78, 5) is 0. The Morgan fingerprint density at radius 1 is 1.00 bits per heavy atom. The summed E-state index contributed by atoms with van der Waals surface area (Å²) in [6.07, 6.45) is 1.77. The summed E-state index contributed by atoms with van der Waals surface area (Å²) in [5.74, 6) is 0.938. The van der Waals surface area contributed by atoms with Gasteiger partial charge in [-0.05, 0) is 29.1 Å². The summed E-state index contributed by atoms with van der Waals surface area (Å²) < 4.78 is 8.99. The summed E-state index contributed by atoms with van der Waals surface area (Å²) in [6, 6.07) is 16.2. The number of benzene rings is 2. The van der Waals surface area contributed by atoms with Crippen molar-refractivity contribution in [3.8, 4) is 5.75 Å². The van der Waals surface area contributed by atoms with Crippen LogP contribution in [0.25, 0.3) is 10.8 Å². The maximum Gasteiger partial charge on any atom is 0.126 e. The van der Waals surface area contributed by atoms with Crippen molar-refractivity contribution in [3.63, 3.8) is 0 Å². The van der Waals surface area contributed by atoms with Crippen LogP contribution in [-0.4, -0.2) is 11.5 Å². The number of hydrogen-bond donors (Lipinski definition) is 0. The predicted octanol–water partition coefficient (Wildman–Crippen LogP) is 3.99. The standard InChI is InChI=1S/C11H10O.C3H3NS/c1-12-11-8-4-6-9-5-2-3-7-10(9)11;1-2-4-5-3-1/h2-8H,1H3;1-3H. The fourth-order valence-corrected chi connectivity index (χ4v) is 1.90. The molecule has 0 saturated heterocycles. The molecule has 1 heterocycles. The van der Waals surface area contributed by atoms with E-state index in [0.29, 0.717) is 0 Å². The van der Waals surface area contributed by atoms with E-state index < -0.39 is 0 Å². The minimum absolute atomic E-state index is 0.938. The average Bonchev–Trinajstić information content (AvgIpc) is 2.97. The zero-order valence-electron chi connectivity index (χ0n) is 9.54. The molecule has 0 aliphatic rings. The maximum atomic E-state index is 5.23. The van der Waals surface area contributed by atoms with Gasteiger partial charge in [-0.15, -0.1) is 0 Å². The molecule has 3 rings (SSSR count). The largest absolute Gasteiger partial charge is 0.496 e. The number of ether oxygens (including phenoxy) is 1. The number of aromatic nitrogens is 1. The van der Waals surface area contributed by atoms with E-state index in [-0.39, 0.29) is 0 Å². The topological polar surface area (TPSA) is 22.1 Å². The molecule has 3 aromatic rings. The van der Waals surface area contributed by atoms with E-state index >= 15 is 0 Å². The van der Waals surface area contributed by atoms with Crippen molar-refractivity contribution in [2.75, 3.05) is 7.11 Å². The van der Waals surface area contributed by atoms with Crippen LogP contribution in [0.15, 0.2) is 60.1 Å². The molecule has 2 aromatic carbocycles. The molecule has 86 valence electrons. The number of fused-ring (bicyclic) bond motifs is 1. The zero-order chi connectivity index (χ0) is 11.9. The second-order valence-corrected chi connectivity index (χ2v) is 4.06. The molecular weight excluding hydrogens is 230 g/mol. The normalized spacial score (nSPS) is 9.47. The van der Waals surface area contributed by atoms with Crippen LogP contribution in [0, 0.1) is 0 Å². The molecule has 3 heteroatoms. The number of nitrogens with zero attached hydrogens (tertiary/aromatic N) is 1. The van der Waals surface area contributed by atoms with Crippen LogP contribution in [0.4, 0.5) is 0 Å². The minimum atomic E-state index is 0.938. The Hall–Kier alpha value is -1.87. The molecule has 0 spiro atoms. The second kappa shape index (κ2) is 6.01. The Balaban J connectivity index is 0.000000181. The first-order chi connectivity index (χ1) is 8.42. The van der Waals surface area contributed by atoms with Crippen molar-refractivity contribution < 1.29 is 4.74 Å². The van der Waals surface area contributed by atoms with Gasteiger partial charge in [0.2, 0.25) is 0 Å². The number of hydrogen-bond acceptors (Lipinski definition) is 3. The van der Waals surface area contributed by atoms with Crippen molar-refractivity contribution in [2.45, 2.75) is 0 Å². The molecule has 0 radical (unpaired) electrons. The van der Waals surface area contributed by atoms with E-state index in [1.807, 2.05) is 35.7 Å². The average molecular weight is 243 g/mol. The van der Waals surface area contributed by atoms with Crippen LogP contribution >= 0.6 is 11.5 Å². The van der Waals surface area contributed by atoms with Gasteiger partial charge in [0.15, 0.2) is 0 Å². The van der Waals surface area contributed by atoms with Crippen LogP contribution in [0.1, 0.15) is 0 Å². The third-order valence-corrected chi connectivity index (χ3v) is 2.84. The van der Waals surface area contributed by atoms with Crippen molar-refractivity contribution in [1.82, 2.24) is 4.37 Å². The van der Waals surface area contributed by atoms with Crippen LogP contribution in [-0.2, 0) is 0 Å². The molecule has 0 atom stereocenters. The highest BCUT2D eigenvalue weighted by molar-refractivity contribution is 7.03. The lowest BCUT2D eigenvalue weighted by Gasteiger charge is -2.03. The highest BCUT2D eigenvalue weighted by Gasteiger charge is 1.96. The quantitative estimate of drug-likeness (QED) is 0.644. The fraction of sp³-hybridized carbons (Fsp3) is 0.0714. The molecule has 17 heavy (non-hydrogen) atoms. The van der Waals surface area contributed by atoms with Crippen molar-refractivity contribution >= 4 is 22.3 Å². The van der Waals surface area contributed by atoms with E-state index in [9.17, 15) is 0 Å². The summed E-state index contributed by atoms with van der Waals surface area (Å²) in [6.45, 7) is 0. The Kier molecular flexibility index (Phi) is 4.11. The maximum absolute atomic E-state index is 5.23. The van der Waals surface area contributed by atoms with Gasteiger partial charge in [0.25, 0.3) is 0 Å². The highest BCUT2D eigenvalue weighted by Crippen LogP contribution is 2.24. The van der Waals surface area contributed by atoms with Gasteiger partial charge in [-0.1, -0.05) is 36.4 Å². The SMILES string of the molecule is COc1cccc2ccccc12.c1cnsc1. The third kappa shape index (κ3) is 3.04. The summed E-state index contributed by atoms with van der Waals surface area (Å²) in [5.41, 5.74) is 0. The van der Waals surface area contributed by atoms with E-state index in [0.717, 1.165) is 5.75 Å². The van der Waals surface area contributed by atoms with Gasteiger partial charge in [0.1, 0.15) is 5.75 Å². The minimum Gasteiger partial charge on any atom is -0.496 e. The molecule has 0 saturated carbocycles. The Morgan fingerprint density at radius 2 is 1.82 bits per heavy atom. The summed E-state index contributed by atoms with van der Waals surface area (Å²) in [7, 11) is 1.70. The lowest BCUT2D eigenvalue weighted by Crippen LogP contribution is -1.83. The van der Waals surface area contributed by atoms with E-state index in [1.54, 1.807) is 13.3 Å². The van der Waals surface area contributed by atoms with Gasteiger partial charge in [0, 0.05) is 17.0 Å². The Bertz CT molecular complexity index is 541. The van der Waals surface area contributed by atoms with Crippen molar-refractivity contribution in [1.29, 1.82) is 0 Å². The molecular formula is C14H13NOS.